The summed E-state index contributed by atoms with van der Waals surface area (Å²) < 4.78 is 15.3. The number of nitrogens with zero attached hydrogens (tertiary/aromatic N) is 1. The van der Waals surface area contributed by atoms with E-state index in [9.17, 15) is 14.4 Å². The number of benzene rings is 2. The Kier molecular flexibility index (Phi) is 9.52. The maximum absolute atomic E-state index is 13.3. The van der Waals surface area contributed by atoms with E-state index < -0.39 is 5.97 Å². The number of hydrogen-bond acceptors (Lipinski definition) is 6. The summed E-state index contributed by atoms with van der Waals surface area (Å²) in [7, 11) is 1.55. The van der Waals surface area contributed by atoms with Gasteiger partial charge in [-0.15, -0.1) is 0 Å². The van der Waals surface area contributed by atoms with E-state index in [1.165, 1.54) is 4.90 Å². The molecule has 0 heterocycles. The van der Waals surface area contributed by atoms with Gasteiger partial charge in [0.1, 0.15) is 12.3 Å². The lowest BCUT2D eigenvalue weighted by atomic mass is 10.1. The van der Waals surface area contributed by atoms with Crippen LogP contribution in [0.5, 0.6) is 5.75 Å². The molecule has 0 N–H and O–H groups in total. The molecule has 0 fully saturated rings. The number of anilines is 1. The summed E-state index contributed by atoms with van der Waals surface area (Å²) in [5.74, 6) is -0.548. The fourth-order valence-electron chi connectivity index (χ4n) is 2.88. The maximum Gasteiger partial charge on any atom is 0.326 e. The molecule has 1 amide bonds. The van der Waals surface area contributed by atoms with Gasteiger partial charge in [0.25, 0.3) is 5.91 Å². The first-order chi connectivity index (χ1) is 14.8. The van der Waals surface area contributed by atoms with Gasteiger partial charge in [-0.3, -0.25) is 19.3 Å². The second kappa shape index (κ2) is 12.1. The molecule has 31 heavy (non-hydrogen) atoms. The number of carbonyl (C=O) groups excluding carboxylic acids is 3. The van der Waals surface area contributed by atoms with E-state index in [0.29, 0.717) is 23.4 Å². The van der Waals surface area contributed by atoms with Crippen LogP contribution < -0.4 is 9.64 Å². The SMILES string of the molecule is CCOC(=O)CN(C(=O)c1cccc(CCC(=O)OC(C)Br)c1)c1ccc(OC)cc1. The monoisotopic (exact) mass is 491 g/mol. The van der Waals surface area contributed by atoms with E-state index in [0.717, 1.165) is 5.56 Å². The van der Waals surface area contributed by atoms with Crippen molar-refractivity contribution in [2.24, 2.45) is 0 Å². The van der Waals surface area contributed by atoms with Gasteiger partial charge in [0.05, 0.1) is 13.7 Å². The van der Waals surface area contributed by atoms with Crippen molar-refractivity contribution in [2.75, 3.05) is 25.2 Å². The first kappa shape index (κ1) is 24.4. The molecule has 2 aromatic rings. The fraction of sp³-hybridized carbons (Fsp3) is 0.348. The predicted molar refractivity (Wildman–Crippen MR) is 121 cm³/mol. The van der Waals surface area contributed by atoms with Crippen LogP contribution >= 0.6 is 15.9 Å². The van der Waals surface area contributed by atoms with Crippen molar-refractivity contribution in [1.82, 2.24) is 0 Å². The average molecular weight is 492 g/mol. The number of esters is 2. The maximum atomic E-state index is 13.3. The average Bonchev–Trinajstić information content (AvgIpc) is 2.75. The first-order valence-electron chi connectivity index (χ1n) is 9.88. The van der Waals surface area contributed by atoms with E-state index in [2.05, 4.69) is 15.9 Å². The largest absolute Gasteiger partial charge is 0.497 e. The van der Waals surface area contributed by atoms with Gasteiger partial charge in [0.15, 0.2) is 5.01 Å². The molecular weight excluding hydrogens is 466 g/mol. The van der Waals surface area contributed by atoms with Gasteiger partial charge in [-0.2, -0.15) is 0 Å². The molecule has 166 valence electrons. The van der Waals surface area contributed by atoms with Crippen molar-refractivity contribution in [3.63, 3.8) is 0 Å². The van der Waals surface area contributed by atoms with Crippen LogP contribution in [0.4, 0.5) is 5.69 Å². The molecular formula is C23H26BrNO6. The number of aryl methyl sites for hydroxylation is 1. The van der Waals surface area contributed by atoms with Crippen LogP contribution in [-0.2, 0) is 25.5 Å². The van der Waals surface area contributed by atoms with Crippen molar-refractivity contribution in [3.05, 3.63) is 59.7 Å². The highest BCUT2D eigenvalue weighted by atomic mass is 79.9. The number of halogens is 1. The third kappa shape index (κ3) is 7.71. The minimum absolute atomic E-state index is 0.193. The normalized spacial score (nSPS) is 11.4. The molecule has 2 aromatic carbocycles. The Morgan fingerprint density at radius 1 is 1.06 bits per heavy atom. The van der Waals surface area contributed by atoms with Gasteiger partial charge in [0.2, 0.25) is 0 Å². The Labute approximate surface area is 190 Å². The van der Waals surface area contributed by atoms with Gasteiger partial charge in [-0.25, -0.2) is 0 Å². The molecule has 1 atom stereocenters. The summed E-state index contributed by atoms with van der Waals surface area (Å²) in [6.07, 6.45) is 0.624. The number of hydrogen-bond donors (Lipinski definition) is 0. The zero-order valence-corrected chi connectivity index (χ0v) is 19.4. The summed E-state index contributed by atoms with van der Waals surface area (Å²) in [5.41, 5.74) is 1.76. The Morgan fingerprint density at radius 2 is 1.77 bits per heavy atom. The highest BCUT2D eigenvalue weighted by Crippen LogP contribution is 2.22. The summed E-state index contributed by atoms with van der Waals surface area (Å²) in [6.45, 7) is 3.43. The molecule has 0 radical (unpaired) electrons. The highest BCUT2D eigenvalue weighted by molar-refractivity contribution is 9.09. The van der Waals surface area contributed by atoms with Crippen LogP contribution in [0.2, 0.25) is 0 Å². The van der Waals surface area contributed by atoms with Gasteiger partial charge < -0.3 is 14.2 Å². The molecule has 0 aliphatic carbocycles. The van der Waals surface area contributed by atoms with E-state index in [1.54, 1.807) is 63.4 Å². The Hall–Kier alpha value is -2.87. The van der Waals surface area contributed by atoms with E-state index >= 15 is 0 Å². The quantitative estimate of drug-likeness (QED) is 0.367. The first-order valence-corrected chi connectivity index (χ1v) is 10.8. The molecule has 0 bridgehead atoms. The summed E-state index contributed by atoms with van der Waals surface area (Å²) >= 11 is 3.17. The molecule has 0 saturated carbocycles. The molecule has 0 aliphatic rings. The van der Waals surface area contributed by atoms with Crippen LogP contribution in [0, 0.1) is 0 Å². The lowest BCUT2D eigenvalue weighted by Gasteiger charge is -2.22. The Morgan fingerprint density at radius 3 is 2.39 bits per heavy atom. The molecule has 0 spiro atoms. The van der Waals surface area contributed by atoms with Crippen molar-refractivity contribution >= 4 is 39.5 Å². The number of methoxy groups -OCH3 is 1. The molecule has 8 heteroatoms. The number of carbonyl (C=O) groups is 3. The van der Waals surface area contributed by atoms with Crippen molar-refractivity contribution < 1.29 is 28.6 Å². The van der Waals surface area contributed by atoms with Crippen LogP contribution in [0.1, 0.15) is 36.2 Å². The van der Waals surface area contributed by atoms with E-state index in [-0.39, 0.29) is 36.5 Å². The second-order valence-electron chi connectivity index (χ2n) is 6.63. The van der Waals surface area contributed by atoms with Crippen LogP contribution in [0.25, 0.3) is 0 Å². The Bertz CT molecular complexity index is 897. The zero-order chi connectivity index (χ0) is 22.8. The topological polar surface area (TPSA) is 82.1 Å². The zero-order valence-electron chi connectivity index (χ0n) is 17.8. The number of ether oxygens (including phenoxy) is 3. The smallest absolute Gasteiger partial charge is 0.326 e. The molecule has 0 saturated heterocycles. The van der Waals surface area contributed by atoms with Crippen LogP contribution in [0.3, 0.4) is 0 Å². The molecule has 7 nitrogen and oxygen atoms in total. The van der Waals surface area contributed by atoms with Crippen LogP contribution in [0.15, 0.2) is 48.5 Å². The van der Waals surface area contributed by atoms with E-state index in [1.807, 2.05) is 6.07 Å². The summed E-state index contributed by atoms with van der Waals surface area (Å²) in [5, 5.41) is -0.353. The second-order valence-corrected chi connectivity index (χ2v) is 7.92. The molecule has 1 unspecified atom stereocenters. The lowest BCUT2D eigenvalue weighted by Crippen LogP contribution is -2.36. The third-order valence-electron chi connectivity index (χ3n) is 4.31. The fourth-order valence-corrected chi connectivity index (χ4v) is 3.09. The van der Waals surface area contributed by atoms with E-state index in [4.69, 9.17) is 14.2 Å². The standard InChI is InChI=1S/C23H26BrNO6/c1-4-30-22(27)15-25(19-9-11-20(29-3)12-10-19)23(28)18-7-5-6-17(14-18)8-13-21(26)31-16(2)24/h5-7,9-12,14,16H,4,8,13,15H2,1-3H3. The molecule has 0 aliphatic heterocycles. The van der Waals surface area contributed by atoms with Crippen molar-refractivity contribution in [3.8, 4) is 5.75 Å². The third-order valence-corrected chi connectivity index (χ3v) is 4.49. The number of amides is 1. The number of alkyl halides is 1. The Balaban J connectivity index is 2.22. The predicted octanol–water partition coefficient (Wildman–Crippen LogP) is 4.12. The van der Waals surface area contributed by atoms with Gasteiger partial charge in [-0.1, -0.05) is 12.1 Å². The minimum Gasteiger partial charge on any atom is -0.497 e. The highest BCUT2D eigenvalue weighted by Gasteiger charge is 2.22. The van der Waals surface area contributed by atoms with Gasteiger partial charge >= 0.3 is 11.9 Å². The van der Waals surface area contributed by atoms with Gasteiger partial charge in [-0.05, 0) is 78.2 Å². The summed E-state index contributed by atoms with van der Waals surface area (Å²) in [4.78, 5) is 38.5. The summed E-state index contributed by atoms with van der Waals surface area (Å²) in [6, 6.07) is 13.8. The molecule has 2 rings (SSSR count). The van der Waals surface area contributed by atoms with Crippen molar-refractivity contribution in [2.45, 2.75) is 31.7 Å². The van der Waals surface area contributed by atoms with Crippen molar-refractivity contribution in [1.29, 1.82) is 0 Å². The molecule has 0 aromatic heterocycles. The van der Waals surface area contributed by atoms with Crippen LogP contribution in [-0.4, -0.2) is 43.1 Å². The van der Waals surface area contributed by atoms with Gasteiger partial charge in [0, 0.05) is 17.7 Å². The minimum atomic E-state index is -0.505. The lowest BCUT2D eigenvalue weighted by molar-refractivity contribution is -0.144. The number of rotatable bonds is 10.